The molecule has 2 N–H and O–H groups in total. The van der Waals surface area contributed by atoms with Gasteiger partial charge in [0.25, 0.3) is 5.91 Å². The van der Waals surface area contributed by atoms with Gasteiger partial charge in [0.1, 0.15) is 5.75 Å². The van der Waals surface area contributed by atoms with Gasteiger partial charge in [0, 0.05) is 45.8 Å². The van der Waals surface area contributed by atoms with Gasteiger partial charge in [-0.15, -0.1) is 24.0 Å². The second-order valence-corrected chi connectivity index (χ2v) is 7.81. The summed E-state index contributed by atoms with van der Waals surface area (Å²) in [7, 11) is 1.80. The fourth-order valence-electron chi connectivity index (χ4n) is 3.85. The number of guanidine groups is 1. The highest BCUT2D eigenvalue weighted by molar-refractivity contribution is 14.0. The van der Waals surface area contributed by atoms with Gasteiger partial charge in [-0.2, -0.15) is 0 Å². The molecule has 7 nitrogen and oxygen atoms in total. The molecule has 0 radical (unpaired) electrons. The molecular weight excluding hydrogens is 493 g/mol. The summed E-state index contributed by atoms with van der Waals surface area (Å²) < 4.78 is 5.50. The summed E-state index contributed by atoms with van der Waals surface area (Å²) in [6.07, 6.45) is 3.04. The number of benzene rings is 1. The van der Waals surface area contributed by atoms with Gasteiger partial charge >= 0.3 is 0 Å². The largest absolute Gasteiger partial charge is 0.482 e. The molecule has 0 unspecified atom stereocenters. The molecule has 0 spiro atoms. The lowest BCUT2D eigenvalue weighted by atomic mass is 10.0. The van der Waals surface area contributed by atoms with Gasteiger partial charge in [-0.1, -0.05) is 24.3 Å². The van der Waals surface area contributed by atoms with Crippen molar-refractivity contribution in [1.29, 1.82) is 0 Å². The number of anilines is 1. The molecule has 2 aliphatic rings. The number of aliphatic imine (C=N–C) groups is 1. The average molecular weight is 527 g/mol. The minimum absolute atomic E-state index is 0. The van der Waals surface area contributed by atoms with Crippen molar-refractivity contribution in [3.63, 3.8) is 0 Å². The second kappa shape index (κ2) is 12.1. The van der Waals surface area contributed by atoms with E-state index >= 15 is 0 Å². The summed E-state index contributed by atoms with van der Waals surface area (Å²) >= 11 is 0. The minimum Gasteiger partial charge on any atom is -0.482 e. The Hall–Kier alpha value is -1.81. The van der Waals surface area contributed by atoms with E-state index in [1.54, 1.807) is 7.05 Å². The molecular formula is C22H34IN5O2. The number of carbonyl (C=O) groups is 1. The van der Waals surface area contributed by atoms with E-state index in [9.17, 15) is 4.79 Å². The monoisotopic (exact) mass is 527 g/mol. The van der Waals surface area contributed by atoms with Crippen LogP contribution in [0.4, 0.5) is 5.69 Å². The fourth-order valence-corrected chi connectivity index (χ4v) is 3.85. The zero-order valence-corrected chi connectivity index (χ0v) is 20.4. The lowest BCUT2D eigenvalue weighted by molar-refractivity contribution is -0.121. The smallest absolute Gasteiger partial charge is 0.265 e. The van der Waals surface area contributed by atoms with Crippen molar-refractivity contribution in [3.8, 4) is 5.75 Å². The molecule has 1 aromatic rings. The van der Waals surface area contributed by atoms with Crippen LogP contribution in [0.5, 0.6) is 5.75 Å². The molecule has 2 heterocycles. The molecule has 1 saturated heterocycles. The number of halogens is 1. The molecule has 166 valence electrons. The van der Waals surface area contributed by atoms with Crippen molar-refractivity contribution in [2.75, 3.05) is 51.3 Å². The fraction of sp³-hybridized carbons (Fsp3) is 0.545. The van der Waals surface area contributed by atoms with Gasteiger partial charge in [-0.05, 0) is 38.3 Å². The van der Waals surface area contributed by atoms with E-state index in [4.69, 9.17) is 4.74 Å². The Morgan fingerprint density at radius 3 is 2.73 bits per heavy atom. The number of para-hydroxylation sites is 2. The lowest BCUT2D eigenvalue weighted by Gasteiger charge is -2.33. The van der Waals surface area contributed by atoms with Crippen molar-refractivity contribution in [1.82, 2.24) is 15.5 Å². The van der Waals surface area contributed by atoms with Crippen LogP contribution in [-0.4, -0.2) is 69.2 Å². The molecule has 0 aliphatic carbocycles. The van der Waals surface area contributed by atoms with Crippen LogP contribution >= 0.6 is 24.0 Å². The lowest BCUT2D eigenvalue weighted by Crippen LogP contribution is -2.49. The molecule has 1 fully saturated rings. The molecule has 1 aromatic carbocycles. The number of carbonyl (C=O) groups excluding carboxylic acids is 1. The Bertz CT molecular complexity index is 747. The van der Waals surface area contributed by atoms with Gasteiger partial charge in [0.15, 0.2) is 12.6 Å². The maximum atomic E-state index is 12.2. The van der Waals surface area contributed by atoms with Crippen LogP contribution in [0.2, 0.25) is 0 Å². The van der Waals surface area contributed by atoms with Gasteiger partial charge in [0.05, 0.1) is 5.69 Å². The van der Waals surface area contributed by atoms with Crippen LogP contribution in [0.25, 0.3) is 0 Å². The Balaban J connectivity index is 0.00000320. The van der Waals surface area contributed by atoms with E-state index in [1.165, 1.54) is 5.57 Å². The van der Waals surface area contributed by atoms with Crippen LogP contribution < -0.4 is 20.3 Å². The summed E-state index contributed by atoms with van der Waals surface area (Å²) in [5, 5.41) is 6.91. The third kappa shape index (κ3) is 6.87. The van der Waals surface area contributed by atoms with E-state index in [0.29, 0.717) is 12.6 Å². The normalized spacial score (nSPS) is 17.6. The molecule has 0 saturated carbocycles. The maximum absolute atomic E-state index is 12.2. The molecule has 3 rings (SSSR count). The quantitative estimate of drug-likeness (QED) is 0.188. The van der Waals surface area contributed by atoms with Crippen molar-refractivity contribution in [2.45, 2.75) is 32.2 Å². The van der Waals surface area contributed by atoms with E-state index in [2.05, 4.69) is 34.0 Å². The predicted octanol–water partition coefficient (Wildman–Crippen LogP) is 2.63. The van der Waals surface area contributed by atoms with Crippen LogP contribution in [0.3, 0.4) is 0 Å². The molecule has 0 atom stereocenters. The van der Waals surface area contributed by atoms with Gasteiger partial charge in [-0.3, -0.25) is 14.7 Å². The number of rotatable bonds is 7. The SMILES string of the molecule is C=C(C)CN1CCC(NC(=NC)NCCCN2C(=O)COc3ccccc32)CC1.I. The number of likely N-dealkylation sites (tertiary alicyclic amines) is 1. The van der Waals surface area contributed by atoms with Gasteiger partial charge < -0.3 is 20.3 Å². The van der Waals surface area contributed by atoms with Crippen molar-refractivity contribution in [3.05, 3.63) is 36.4 Å². The van der Waals surface area contributed by atoms with Crippen LogP contribution in [0.1, 0.15) is 26.2 Å². The number of fused-ring (bicyclic) bond motifs is 1. The first-order valence-electron chi connectivity index (χ1n) is 10.4. The number of hydrogen-bond acceptors (Lipinski definition) is 4. The van der Waals surface area contributed by atoms with E-state index < -0.39 is 0 Å². The maximum Gasteiger partial charge on any atom is 0.265 e. The van der Waals surface area contributed by atoms with Crippen molar-refractivity contribution < 1.29 is 9.53 Å². The van der Waals surface area contributed by atoms with Crippen LogP contribution in [0.15, 0.2) is 41.4 Å². The van der Waals surface area contributed by atoms with Crippen LogP contribution in [-0.2, 0) is 4.79 Å². The number of nitrogens with one attached hydrogen (secondary N) is 2. The first-order valence-corrected chi connectivity index (χ1v) is 10.4. The second-order valence-electron chi connectivity index (χ2n) is 7.81. The Morgan fingerprint density at radius 2 is 2.03 bits per heavy atom. The van der Waals surface area contributed by atoms with E-state index in [-0.39, 0.29) is 36.5 Å². The number of amides is 1. The van der Waals surface area contributed by atoms with E-state index in [0.717, 1.165) is 62.8 Å². The number of hydrogen-bond donors (Lipinski definition) is 2. The topological polar surface area (TPSA) is 69.2 Å². The van der Waals surface area contributed by atoms with Gasteiger partial charge in [0.2, 0.25) is 0 Å². The van der Waals surface area contributed by atoms with Crippen molar-refractivity contribution >= 4 is 41.5 Å². The third-order valence-corrected chi connectivity index (χ3v) is 5.30. The summed E-state index contributed by atoms with van der Waals surface area (Å²) in [6.45, 7) is 10.8. The predicted molar refractivity (Wildman–Crippen MR) is 133 cm³/mol. The zero-order valence-electron chi connectivity index (χ0n) is 18.0. The number of nitrogens with zero attached hydrogens (tertiary/aromatic N) is 3. The third-order valence-electron chi connectivity index (χ3n) is 5.30. The highest BCUT2D eigenvalue weighted by Crippen LogP contribution is 2.31. The van der Waals surface area contributed by atoms with Crippen molar-refractivity contribution in [2.24, 2.45) is 4.99 Å². The zero-order chi connectivity index (χ0) is 20.6. The molecule has 1 amide bonds. The molecule has 8 heteroatoms. The minimum atomic E-state index is 0. The van der Waals surface area contributed by atoms with Gasteiger partial charge in [-0.25, -0.2) is 0 Å². The Labute approximate surface area is 197 Å². The average Bonchev–Trinajstić information content (AvgIpc) is 2.72. The molecule has 30 heavy (non-hydrogen) atoms. The first-order chi connectivity index (χ1) is 14.1. The Morgan fingerprint density at radius 1 is 1.30 bits per heavy atom. The highest BCUT2D eigenvalue weighted by Gasteiger charge is 2.24. The first kappa shape index (κ1) is 24.5. The summed E-state index contributed by atoms with van der Waals surface area (Å²) in [5.41, 5.74) is 2.07. The summed E-state index contributed by atoms with van der Waals surface area (Å²) in [4.78, 5) is 20.8. The summed E-state index contributed by atoms with van der Waals surface area (Å²) in [6, 6.07) is 8.13. The number of ether oxygens (including phenoxy) is 1. The summed E-state index contributed by atoms with van der Waals surface area (Å²) in [5.74, 6) is 1.61. The molecule has 0 bridgehead atoms. The molecule has 0 aromatic heterocycles. The van der Waals surface area contributed by atoms with Crippen LogP contribution in [0, 0.1) is 0 Å². The molecule has 2 aliphatic heterocycles. The van der Waals surface area contributed by atoms with E-state index in [1.807, 2.05) is 29.2 Å². The Kier molecular flexibility index (Phi) is 9.90. The highest BCUT2D eigenvalue weighted by atomic mass is 127. The standard InChI is InChI=1S/C22H33N5O2.HI/c1-17(2)15-26-13-9-18(10-14-26)25-22(23-3)24-11-6-12-27-19-7-4-5-8-20(19)29-16-21(27)28;/h4-5,7-8,18H,1,6,9-16H2,2-3H3,(H2,23,24,25);1H. The number of piperidine rings is 1.